The molecule has 0 fully saturated rings. The second-order valence-electron chi connectivity index (χ2n) is 6.17. The Morgan fingerprint density at radius 2 is 1.78 bits per heavy atom. The molecule has 0 atom stereocenters. The molecule has 0 unspecified atom stereocenters. The highest BCUT2D eigenvalue weighted by Gasteiger charge is 2.09. The molecule has 0 aliphatic heterocycles. The predicted octanol–water partition coefficient (Wildman–Crippen LogP) is 3.26. The molecule has 4 heteroatoms. The van der Waals surface area contributed by atoms with Crippen molar-refractivity contribution in [3.63, 3.8) is 0 Å². The number of pyridine rings is 1. The number of hydrogen-bond donors (Lipinski definition) is 0. The van der Waals surface area contributed by atoms with Crippen LogP contribution < -0.4 is 10.5 Å². The fraction of sp³-hybridized carbons (Fsp3) is 0.263. The van der Waals surface area contributed by atoms with Crippen LogP contribution in [-0.4, -0.2) is 16.4 Å². The molecule has 4 nitrogen and oxygen atoms in total. The van der Waals surface area contributed by atoms with Gasteiger partial charge >= 0.3 is 0 Å². The summed E-state index contributed by atoms with van der Waals surface area (Å²) >= 11 is 0. The summed E-state index contributed by atoms with van der Waals surface area (Å²) in [4.78, 5) is 19.0. The van der Waals surface area contributed by atoms with Crippen molar-refractivity contribution in [3.05, 3.63) is 75.3 Å². The first-order valence-corrected chi connectivity index (χ1v) is 7.71. The summed E-state index contributed by atoms with van der Waals surface area (Å²) < 4.78 is 1.59. The van der Waals surface area contributed by atoms with Crippen LogP contribution in [0.15, 0.2) is 47.4 Å². The molecule has 0 saturated heterocycles. The summed E-state index contributed by atoms with van der Waals surface area (Å²) in [6, 6.07) is 11.9. The minimum atomic E-state index is -0.0388. The van der Waals surface area contributed by atoms with Crippen LogP contribution in [0.4, 0.5) is 5.69 Å². The Hall–Kier alpha value is -2.62. The highest BCUT2D eigenvalue weighted by molar-refractivity contribution is 5.54. The van der Waals surface area contributed by atoms with Crippen LogP contribution in [0.2, 0.25) is 0 Å². The van der Waals surface area contributed by atoms with Gasteiger partial charge in [-0.25, -0.2) is 4.98 Å². The zero-order valence-electron chi connectivity index (χ0n) is 14.0. The highest BCUT2D eigenvalue weighted by Crippen LogP contribution is 2.21. The summed E-state index contributed by atoms with van der Waals surface area (Å²) in [5.74, 6) is 0. The molecule has 0 saturated carbocycles. The molecular weight excluding hydrogens is 286 g/mol. The summed E-state index contributed by atoms with van der Waals surface area (Å²) in [6.07, 6.45) is 1.82. The minimum absolute atomic E-state index is 0.0388. The van der Waals surface area contributed by atoms with Gasteiger partial charge in [0.15, 0.2) is 0 Å². The maximum atomic E-state index is 12.3. The van der Waals surface area contributed by atoms with Gasteiger partial charge in [0.2, 0.25) is 0 Å². The fourth-order valence-electron chi connectivity index (χ4n) is 2.80. The average molecular weight is 307 g/mol. The van der Waals surface area contributed by atoms with Gasteiger partial charge in [-0.1, -0.05) is 18.2 Å². The van der Waals surface area contributed by atoms with Gasteiger partial charge in [-0.15, -0.1) is 0 Å². The van der Waals surface area contributed by atoms with Crippen LogP contribution in [0.3, 0.4) is 0 Å². The van der Waals surface area contributed by atoms with E-state index in [9.17, 15) is 4.79 Å². The summed E-state index contributed by atoms with van der Waals surface area (Å²) in [5, 5.41) is 0. The molecule has 0 N–H and O–H groups in total. The maximum absolute atomic E-state index is 12.3. The Morgan fingerprint density at radius 3 is 2.57 bits per heavy atom. The van der Waals surface area contributed by atoms with Crippen molar-refractivity contribution < 1.29 is 0 Å². The number of benzene rings is 1. The lowest BCUT2D eigenvalue weighted by atomic mass is 10.1. The van der Waals surface area contributed by atoms with E-state index in [-0.39, 0.29) is 5.56 Å². The standard InChI is InChI=1S/C19H21N3O/c1-13-5-7-15(3)17(9-13)21(4)12-16-10-19(23)22-11-14(2)6-8-18(22)20-16/h5-11H,12H2,1-4H3. The van der Waals surface area contributed by atoms with Crippen molar-refractivity contribution in [2.45, 2.75) is 27.3 Å². The molecule has 0 radical (unpaired) electrons. The van der Waals surface area contributed by atoms with Crippen molar-refractivity contribution in [2.24, 2.45) is 0 Å². The molecule has 1 aromatic carbocycles. The zero-order chi connectivity index (χ0) is 16.6. The maximum Gasteiger partial charge on any atom is 0.258 e. The number of aryl methyl sites for hydroxylation is 3. The van der Waals surface area contributed by atoms with E-state index in [0.717, 1.165) is 16.9 Å². The Morgan fingerprint density at radius 1 is 1.04 bits per heavy atom. The number of anilines is 1. The molecule has 0 spiro atoms. The Labute approximate surface area is 136 Å². The van der Waals surface area contributed by atoms with E-state index in [4.69, 9.17) is 0 Å². The van der Waals surface area contributed by atoms with E-state index in [0.29, 0.717) is 12.2 Å². The molecule has 2 aromatic heterocycles. The van der Waals surface area contributed by atoms with Gasteiger partial charge in [0.25, 0.3) is 5.56 Å². The molecule has 0 bridgehead atoms. The van der Waals surface area contributed by atoms with Gasteiger partial charge < -0.3 is 4.90 Å². The van der Waals surface area contributed by atoms with Gasteiger partial charge in [-0.3, -0.25) is 9.20 Å². The Kier molecular flexibility index (Phi) is 3.90. The van der Waals surface area contributed by atoms with Crippen molar-refractivity contribution in [2.75, 3.05) is 11.9 Å². The van der Waals surface area contributed by atoms with Crippen molar-refractivity contribution in [3.8, 4) is 0 Å². The van der Waals surface area contributed by atoms with Gasteiger partial charge in [-0.2, -0.15) is 0 Å². The summed E-state index contributed by atoms with van der Waals surface area (Å²) in [6.45, 7) is 6.74. The third-order valence-electron chi connectivity index (χ3n) is 4.04. The summed E-state index contributed by atoms with van der Waals surface area (Å²) in [7, 11) is 2.03. The molecule has 0 aliphatic rings. The minimum Gasteiger partial charge on any atom is -0.368 e. The van der Waals surface area contributed by atoms with E-state index in [1.807, 2.05) is 32.3 Å². The third kappa shape index (κ3) is 3.11. The average Bonchev–Trinajstić information content (AvgIpc) is 2.50. The Balaban J connectivity index is 1.96. The molecular formula is C19H21N3O. The first-order valence-electron chi connectivity index (χ1n) is 7.71. The highest BCUT2D eigenvalue weighted by atomic mass is 16.1. The lowest BCUT2D eigenvalue weighted by Gasteiger charge is -2.21. The lowest BCUT2D eigenvalue weighted by Crippen LogP contribution is -2.22. The lowest BCUT2D eigenvalue weighted by molar-refractivity contribution is 0.865. The number of hydrogen-bond acceptors (Lipinski definition) is 3. The molecule has 2 heterocycles. The second-order valence-corrected chi connectivity index (χ2v) is 6.17. The predicted molar refractivity (Wildman–Crippen MR) is 94.2 cm³/mol. The number of fused-ring (bicyclic) bond motifs is 1. The van der Waals surface area contributed by atoms with Gasteiger partial charge in [0, 0.05) is 25.0 Å². The van der Waals surface area contributed by atoms with Crippen LogP contribution in [0.5, 0.6) is 0 Å². The van der Waals surface area contributed by atoms with Crippen LogP contribution >= 0.6 is 0 Å². The van der Waals surface area contributed by atoms with E-state index in [2.05, 4.69) is 41.9 Å². The largest absolute Gasteiger partial charge is 0.368 e. The molecule has 3 rings (SSSR count). The molecule has 3 aromatic rings. The van der Waals surface area contributed by atoms with E-state index in [1.54, 1.807) is 10.5 Å². The van der Waals surface area contributed by atoms with E-state index >= 15 is 0 Å². The van der Waals surface area contributed by atoms with Crippen molar-refractivity contribution in [1.82, 2.24) is 9.38 Å². The first kappa shape index (κ1) is 15.3. The molecule has 0 amide bonds. The molecule has 23 heavy (non-hydrogen) atoms. The van der Waals surface area contributed by atoms with Gasteiger partial charge in [0.05, 0.1) is 12.2 Å². The normalized spacial score (nSPS) is 11.0. The third-order valence-corrected chi connectivity index (χ3v) is 4.04. The van der Waals surface area contributed by atoms with E-state index < -0.39 is 0 Å². The first-order chi connectivity index (χ1) is 10.9. The van der Waals surface area contributed by atoms with Gasteiger partial charge in [-0.05, 0) is 49.6 Å². The van der Waals surface area contributed by atoms with E-state index in [1.165, 1.54) is 11.1 Å². The van der Waals surface area contributed by atoms with Crippen LogP contribution in [-0.2, 0) is 6.54 Å². The van der Waals surface area contributed by atoms with Crippen molar-refractivity contribution >= 4 is 11.3 Å². The second kappa shape index (κ2) is 5.88. The molecule has 0 aliphatic carbocycles. The monoisotopic (exact) mass is 307 g/mol. The van der Waals surface area contributed by atoms with Crippen LogP contribution in [0.25, 0.3) is 5.65 Å². The smallest absolute Gasteiger partial charge is 0.258 e. The zero-order valence-corrected chi connectivity index (χ0v) is 14.0. The van der Waals surface area contributed by atoms with Crippen molar-refractivity contribution in [1.29, 1.82) is 0 Å². The SMILES string of the molecule is Cc1ccc(C)c(N(C)Cc2cc(=O)n3cc(C)ccc3n2)c1. The number of nitrogens with zero attached hydrogens (tertiary/aromatic N) is 3. The van der Waals surface area contributed by atoms with Crippen LogP contribution in [0, 0.1) is 20.8 Å². The van der Waals surface area contributed by atoms with Crippen LogP contribution in [0.1, 0.15) is 22.4 Å². The summed E-state index contributed by atoms with van der Waals surface area (Å²) in [5.41, 5.74) is 6.07. The fourth-order valence-corrected chi connectivity index (χ4v) is 2.80. The quantitative estimate of drug-likeness (QED) is 0.745. The molecule has 118 valence electrons. The number of rotatable bonds is 3. The number of aromatic nitrogens is 2. The Bertz CT molecular complexity index is 928. The van der Waals surface area contributed by atoms with Gasteiger partial charge in [0.1, 0.15) is 5.65 Å². The topological polar surface area (TPSA) is 37.6 Å².